The van der Waals surface area contributed by atoms with Crippen molar-refractivity contribution in [2.24, 2.45) is 10.9 Å². The molecule has 0 saturated carbocycles. The lowest BCUT2D eigenvalue weighted by atomic mass is 10.0. The van der Waals surface area contributed by atoms with Crippen LogP contribution in [-0.2, 0) is 0 Å². The average Bonchev–Trinajstić information content (AvgIpc) is 2.45. The van der Waals surface area contributed by atoms with Crippen molar-refractivity contribution in [2.45, 2.75) is 12.5 Å². The van der Waals surface area contributed by atoms with Crippen molar-refractivity contribution in [3.05, 3.63) is 35.9 Å². The van der Waals surface area contributed by atoms with E-state index in [1.54, 1.807) is 0 Å². The van der Waals surface area contributed by atoms with E-state index in [1.807, 2.05) is 35.2 Å². The molecule has 6 heteroatoms. The van der Waals surface area contributed by atoms with Gasteiger partial charge >= 0.3 is 0 Å². The van der Waals surface area contributed by atoms with Gasteiger partial charge in [-0.25, -0.2) is 0 Å². The van der Waals surface area contributed by atoms with Crippen molar-refractivity contribution < 1.29 is 15.4 Å². The number of aliphatic hydroxyl groups is 2. The van der Waals surface area contributed by atoms with Gasteiger partial charge in [0.15, 0.2) is 0 Å². The second-order valence-electron chi connectivity index (χ2n) is 4.21. The highest BCUT2D eigenvalue weighted by molar-refractivity contribution is 5.80. The Balaban J connectivity index is 2.95. The summed E-state index contributed by atoms with van der Waals surface area (Å²) in [7, 11) is 0. The van der Waals surface area contributed by atoms with Crippen molar-refractivity contribution in [3.8, 4) is 0 Å². The van der Waals surface area contributed by atoms with Crippen molar-refractivity contribution in [1.29, 1.82) is 0 Å². The zero-order valence-corrected chi connectivity index (χ0v) is 10.8. The summed E-state index contributed by atoms with van der Waals surface area (Å²) in [4.78, 5) is 1.91. The second kappa shape index (κ2) is 8.47. The van der Waals surface area contributed by atoms with E-state index in [9.17, 15) is 0 Å². The third kappa shape index (κ3) is 4.86. The predicted molar refractivity (Wildman–Crippen MR) is 73.0 cm³/mol. The molecule has 1 atom stereocenters. The first-order valence-electron chi connectivity index (χ1n) is 6.20. The highest BCUT2D eigenvalue weighted by Gasteiger charge is 2.21. The number of amidine groups is 1. The normalized spacial score (nSPS) is 13.7. The molecule has 5 N–H and O–H groups in total. The van der Waals surface area contributed by atoms with Crippen LogP contribution in [-0.4, -0.2) is 52.5 Å². The number of aliphatic hydroxyl groups excluding tert-OH is 2. The van der Waals surface area contributed by atoms with Crippen LogP contribution in [0.25, 0.3) is 0 Å². The summed E-state index contributed by atoms with van der Waals surface area (Å²) in [6, 6.07) is 9.46. The van der Waals surface area contributed by atoms with Crippen LogP contribution in [0.1, 0.15) is 18.0 Å². The van der Waals surface area contributed by atoms with E-state index in [2.05, 4.69) is 5.16 Å². The molecule has 106 valence electrons. The van der Waals surface area contributed by atoms with Gasteiger partial charge in [-0.1, -0.05) is 35.5 Å². The van der Waals surface area contributed by atoms with Crippen molar-refractivity contribution in [1.82, 2.24) is 4.90 Å². The summed E-state index contributed by atoms with van der Waals surface area (Å²) < 4.78 is 0. The number of nitrogens with zero attached hydrogens (tertiary/aromatic N) is 2. The molecule has 6 nitrogen and oxygen atoms in total. The molecule has 1 rings (SSSR count). The zero-order chi connectivity index (χ0) is 14.1. The van der Waals surface area contributed by atoms with Gasteiger partial charge in [0.05, 0.1) is 13.2 Å². The molecule has 0 bridgehead atoms. The highest BCUT2D eigenvalue weighted by Crippen LogP contribution is 2.23. The van der Waals surface area contributed by atoms with Crippen LogP contribution in [0, 0.1) is 0 Å². The maximum Gasteiger partial charge on any atom is 0.141 e. The van der Waals surface area contributed by atoms with Crippen molar-refractivity contribution in [2.75, 3.05) is 26.3 Å². The van der Waals surface area contributed by atoms with Gasteiger partial charge in [-0.15, -0.1) is 0 Å². The molecule has 1 unspecified atom stereocenters. The van der Waals surface area contributed by atoms with Crippen LogP contribution in [0.5, 0.6) is 0 Å². The average molecular weight is 267 g/mol. The Bertz CT molecular complexity index is 378. The minimum Gasteiger partial charge on any atom is -0.409 e. The van der Waals surface area contributed by atoms with Crippen LogP contribution >= 0.6 is 0 Å². The first-order chi connectivity index (χ1) is 9.22. The van der Waals surface area contributed by atoms with Gasteiger partial charge in [-0.05, 0) is 5.56 Å². The molecule has 0 aromatic heterocycles. The van der Waals surface area contributed by atoms with E-state index in [0.29, 0.717) is 19.5 Å². The molecule has 1 aromatic carbocycles. The zero-order valence-electron chi connectivity index (χ0n) is 10.8. The largest absolute Gasteiger partial charge is 0.409 e. The van der Waals surface area contributed by atoms with Crippen molar-refractivity contribution in [3.63, 3.8) is 0 Å². The monoisotopic (exact) mass is 267 g/mol. The van der Waals surface area contributed by atoms with Crippen LogP contribution in [0.3, 0.4) is 0 Å². The number of oxime groups is 1. The summed E-state index contributed by atoms with van der Waals surface area (Å²) in [5.74, 6) is 0.120. The molecule has 0 spiro atoms. The molecule has 19 heavy (non-hydrogen) atoms. The van der Waals surface area contributed by atoms with Crippen LogP contribution in [0.15, 0.2) is 35.5 Å². The number of hydrogen-bond acceptors (Lipinski definition) is 5. The van der Waals surface area contributed by atoms with E-state index >= 15 is 0 Å². The lowest BCUT2D eigenvalue weighted by Crippen LogP contribution is -2.36. The van der Waals surface area contributed by atoms with Crippen LogP contribution in [0.4, 0.5) is 0 Å². The molecule has 0 fully saturated rings. The molecular weight excluding hydrogens is 246 g/mol. The molecule has 1 aromatic rings. The topological polar surface area (TPSA) is 102 Å². The molecule has 0 saturated heterocycles. The molecule has 0 amide bonds. The Hall–Kier alpha value is -1.63. The highest BCUT2D eigenvalue weighted by atomic mass is 16.4. The van der Waals surface area contributed by atoms with Gasteiger partial charge in [0, 0.05) is 25.6 Å². The molecule has 0 heterocycles. The second-order valence-corrected chi connectivity index (χ2v) is 4.21. The van der Waals surface area contributed by atoms with E-state index in [-0.39, 0.29) is 25.1 Å². The SMILES string of the molecule is NC(CC(c1ccccc1)N(CCO)CCO)=NO. The summed E-state index contributed by atoms with van der Waals surface area (Å²) in [5.41, 5.74) is 6.59. The van der Waals surface area contributed by atoms with E-state index < -0.39 is 0 Å². The van der Waals surface area contributed by atoms with Gasteiger partial charge in [0.25, 0.3) is 0 Å². The smallest absolute Gasteiger partial charge is 0.141 e. The fraction of sp³-hybridized carbons (Fsp3) is 0.462. The van der Waals surface area contributed by atoms with E-state index in [1.165, 1.54) is 0 Å². The summed E-state index contributed by atoms with van der Waals surface area (Å²) >= 11 is 0. The minimum absolute atomic E-state index is 0.0144. The fourth-order valence-corrected chi connectivity index (χ4v) is 2.05. The standard InChI is InChI=1S/C13H21N3O3/c14-13(15-19)10-12(11-4-2-1-3-5-11)16(6-8-17)7-9-18/h1-5,12,17-19H,6-10H2,(H2,14,15). The van der Waals surface area contributed by atoms with E-state index in [0.717, 1.165) is 5.56 Å². The van der Waals surface area contributed by atoms with Crippen molar-refractivity contribution >= 4 is 5.84 Å². The third-order valence-electron chi connectivity index (χ3n) is 2.93. The lowest BCUT2D eigenvalue weighted by molar-refractivity contribution is 0.123. The molecule has 0 aliphatic carbocycles. The van der Waals surface area contributed by atoms with Gasteiger partial charge in [0.1, 0.15) is 5.84 Å². The Kier molecular flexibility index (Phi) is 6.88. The summed E-state index contributed by atoms with van der Waals surface area (Å²) in [6.45, 7) is 0.802. The van der Waals surface area contributed by atoms with Gasteiger partial charge < -0.3 is 21.2 Å². The molecule has 0 aliphatic rings. The summed E-state index contributed by atoms with van der Waals surface area (Å²) in [5, 5.41) is 29.9. The summed E-state index contributed by atoms with van der Waals surface area (Å²) in [6.07, 6.45) is 0.334. The maximum atomic E-state index is 9.12. The Morgan fingerprint density at radius 1 is 1.16 bits per heavy atom. The lowest BCUT2D eigenvalue weighted by Gasteiger charge is -2.30. The van der Waals surface area contributed by atoms with E-state index in [4.69, 9.17) is 21.2 Å². The minimum atomic E-state index is -0.142. The predicted octanol–water partition coefficient (Wildman–Crippen LogP) is 0.151. The first kappa shape index (κ1) is 15.4. The number of rotatable bonds is 8. The number of benzene rings is 1. The first-order valence-corrected chi connectivity index (χ1v) is 6.20. The number of hydrogen-bond donors (Lipinski definition) is 4. The Labute approximate surface area is 112 Å². The fourth-order valence-electron chi connectivity index (χ4n) is 2.05. The Morgan fingerprint density at radius 3 is 2.21 bits per heavy atom. The van der Waals surface area contributed by atoms with Gasteiger partial charge in [0.2, 0.25) is 0 Å². The van der Waals surface area contributed by atoms with Gasteiger partial charge in [-0.2, -0.15) is 0 Å². The molecule has 0 radical (unpaired) electrons. The van der Waals surface area contributed by atoms with Crippen LogP contribution in [0.2, 0.25) is 0 Å². The quantitative estimate of drug-likeness (QED) is 0.232. The maximum absolute atomic E-state index is 9.12. The Morgan fingerprint density at radius 2 is 1.74 bits per heavy atom. The van der Waals surface area contributed by atoms with Crippen LogP contribution < -0.4 is 5.73 Å². The number of nitrogens with two attached hydrogens (primary N) is 1. The third-order valence-corrected chi connectivity index (χ3v) is 2.93. The van der Waals surface area contributed by atoms with Gasteiger partial charge in [-0.3, -0.25) is 4.90 Å². The molecule has 0 aliphatic heterocycles. The molecular formula is C13H21N3O3.